The molecule has 0 atom stereocenters. The average molecular weight is 1130 g/mol. The number of rotatable bonds is 53. The minimum absolute atomic E-state index is 0.896. The second-order valence-corrected chi connectivity index (χ2v) is 25.7. The molecule has 1 aliphatic heterocycles. The molecule has 3 rings (SSSR count). The summed E-state index contributed by atoms with van der Waals surface area (Å²) in [6.07, 6.45) is 71.5. The van der Waals surface area contributed by atoms with E-state index in [0.717, 1.165) is 59.8 Å². The Kier molecular flexibility index (Phi) is 48.8. The number of unbranched alkanes of at least 4 members (excludes halogenated alkanes) is 41. The van der Waals surface area contributed by atoms with Gasteiger partial charge >= 0.3 is 169 Å². The van der Waals surface area contributed by atoms with E-state index in [1.54, 1.807) is 9.79 Å². The normalized spacial score (nSPS) is 12.5. The molecule has 0 fully saturated rings. The zero-order chi connectivity index (χ0) is 53.8. The standard InChI is InChI=1S/C32H44N2.2C20H41.Pd/c1-4-7-10-11-12-13-16-30-25-31(28-21-17-26(18-22-28)14-8-5-2)34(33)32(30)29-23-19-27(20-24-29)15-9-6-3;2*1-3-5-7-9-11-13-15-17-19-20-18-16-14-12-10-8-6-4-2;/h17-25H,4-16H2,1-3H3;2*1,3-20H2,2H3;. The Bertz CT molecular complexity index is 1560. The van der Waals surface area contributed by atoms with Crippen LogP contribution in [0.5, 0.6) is 0 Å². The van der Waals surface area contributed by atoms with E-state index in [1.165, 1.54) is 317 Å². The summed E-state index contributed by atoms with van der Waals surface area (Å²) < 4.78 is 1.44. The van der Waals surface area contributed by atoms with E-state index in [-0.39, 0.29) is 0 Å². The number of hydrogen-bond donors (Lipinski definition) is 0. The van der Waals surface area contributed by atoms with Crippen LogP contribution in [0.3, 0.4) is 0 Å². The molecule has 0 aromatic heterocycles. The second kappa shape index (κ2) is 52.9. The third-order valence-corrected chi connectivity index (χ3v) is 18.3. The Morgan fingerprint density at radius 3 is 0.867 bits per heavy atom. The van der Waals surface area contributed by atoms with Gasteiger partial charge in [0.05, 0.1) is 0 Å². The summed E-state index contributed by atoms with van der Waals surface area (Å²) >= 11 is 1.06. The van der Waals surface area contributed by atoms with Crippen molar-refractivity contribution in [2.24, 2.45) is 0 Å². The third-order valence-electron chi connectivity index (χ3n) is 16.1. The first-order valence-corrected chi connectivity index (χ1v) is 35.9. The Balaban J connectivity index is 0.000000520. The first-order chi connectivity index (χ1) is 37.1. The molecule has 1 heterocycles. The summed E-state index contributed by atoms with van der Waals surface area (Å²) in [7, 11) is 0. The summed E-state index contributed by atoms with van der Waals surface area (Å²) in [5, 5.41) is 0. The molecule has 2 aromatic carbocycles. The van der Waals surface area contributed by atoms with Crippen molar-refractivity contribution in [2.75, 3.05) is 0 Å². The van der Waals surface area contributed by atoms with Gasteiger partial charge in [0.15, 0.2) is 0 Å². The molecule has 0 unspecified atom stereocenters. The number of benzene rings is 2. The van der Waals surface area contributed by atoms with Gasteiger partial charge < -0.3 is 5.53 Å². The van der Waals surface area contributed by atoms with Crippen LogP contribution < -0.4 is 0 Å². The average Bonchev–Trinajstić information content (AvgIpc) is 3.76. The molecule has 2 nitrogen and oxygen atoms in total. The van der Waals surface area contributed by atoms with Gasteiger partial charge in [-0.25, -0.2) is 4.70 Å². The quantitative estimate of drug-likeness (QED) is 0.0358. The van der Waals surface area contributed by atoms with E-state index in [1.807, 2.05) is 0 Å². The molecule has 3 heteroatoms. The van der Waals surface area contributed by atoms with E-state index in [9.17, 15) is 5.53 Å². The second-order valence-electron chi connectivity index (χ2n) is 23.3. The van der Waals surface area contributed by atoms with Crippen molar-refractivity contribution in [1.29, 1.82) is 0 Å². The topological polar surface area (TPSA) is 25.3 Å². The fourth-order valence-corrected chi connectivity index (χ4v) is 12.9. The zero-order valence-corrected chi connectivity index (χ0v) is 52.5. The predicted octanol–water partition coefficient (Wildman–Crippen LogP) is 25.9. The van der Waals surface area contributed by atoms with Gasteiger partial charge in [-0.1, -0.05) is 194 Å². The van der Waals surface area contributed by atoms with Gasteiger partial charge in [0.25, 0.3) is 0 Å². The van der Waals surface area contributed by atoms with Gasteiger partial charge in [0.2, 0.25) is 11.4 Å². The van der Waals surface area contributed by atoms with Crippen molar-refractivity contribution in [3.63, 3.8) is 0 Å². The molecule has 1 aliphatic rings. The molecule has 0 amide bonds. The molecular weight excluding hydrogens is 999 g/mol. The minimum atomic E-state index is 0.896. The van der Waals surface area contributed by atoms with Crippen LogP contribution in [0.25, 0.3) is 16.9 Å². The summed E-state index contributed by atoms with van der Waals surface area (Å²) in [4.78, 5) is 3.10. The van der Waals surface area contributed by atoms with E-state index in [4.69, 9.17) is 0 Å². The van der Waals surface area contributed by atoms with Crippen LogP contribution >= 0.6 is 0 Å². The molecule has 434 valence electrons. The number of aryl methyl sites for hydroxylation is 2. The van der Waals surface area contributed by atoms with E-state index < -0.39 is 0 Å². The number of allylic oxidation sites excluding steroid dienone is 2. The maximum atomic E-state index is 11.3. The van der Waals surface area contributed by atoms with Gasteiger partial charge in [0.1, 0.15) is 0 Å². The third kappa shape index (κ3) is 38.4. The first kappa shape index (κ1) is 69.3. The molecule has 0 aliphatic carbocycles. The van der Waals surface area contributed by atoms with Gasteiger partial charge in [0, 0.05) is 22.8 Å². The van der Waals surface area contributed by atoms with Gasteiger partial charge in [-0.05, 0) is 73.9 Å². The Morgan fingerprint density at radius 2 is 0.560 bits per heavy atom. The maximum absolute atomic E-state index is 11.3. The predicted molar refractivity (Wildman–Crippen MR) is 334 cm³/mol. The molecular formula is C72H126N2Pd. The van der Waals surface area contributed by atoms with Crippen molar-refractivity contribution < 1.29 is 22.7 Å². The summed E-state index contributed by atoms with van der Waals surface area (Å²) in [6.45, 7) is 11.4. The molecule has 0 saturated heterocycles. The zero-order valence-electron chi connectivity index (χ0n) is 51.0. The Morgan fingerprint density at radius 1 is 0.293 bits per heavy atom. The summed E-state index contributed by atoms with van der Waals surface area (Å²) in [5.74, 6) is 0. The molecule has 2 aromatic rings. The van der Waals surface area contributed by atoms with Crippen molar-refractivity contribution in [2.45, 2.75) is 359 Å². The molecule has 0 spiro atoms. The minimum Gasteiger partial charge on any atom is -0.0654 e. The van der Waals surface area contributed by atoms with Crippen LogP contribution in [0, 0.1) is 0 Å². The van der Waals surface area contributed by atoms with Crippen LogP contribution in [0.1, 0.15) is 359 Å². The van der Waals surface area contributed by atoms with Crippen molar-refractivity contribution in [3.05, 3.63) is 88.0 Å². The fourth-order valence-electron chi connectivity index (χ4n) is 11.0. The molecule has 0 radical (unpaired) electrons. The monoisotopic (exact) mass is 1120 g/mol. The van der Waals surface area contributed by atoms with Gasteiger partial charge in [-0.2, -0.15) is 0 Å². The van der Waals surface area contributed by atoms with E-state index in [2.05, 4.69) is 89.2 Å². The molecule has 0 bridgehead atoms. The molecule has 75 heavy (non-hydrogen) atoms. The summed E-state index contributed by atoms with van der Waals surface area (Å²) in [5.41, 5.74) is 19.4. The van der Waals surface area contributed by atoms with Gasteiger partial charge in [-0.3, -0.25) is 0 Å². The van der Waals surface area contributed by atoms with Crippen molar-refractivity contribution >= 4 is 11.4 Å². The SMILES string of the molecule is CCCCCCCCC1=C(c2ccc(CCCC)cc2)[N+](=[N-])C(c2ccc(CCCC)cc2)=C1.CCCCCCCCCCCCCCCCCCC[CH2][Pd][CH2]CCCCCCCCCCCCCCCCCCC. The van der Waals surface area contributed by atoms with E-state index in [0.29, 0.717) is 0 Å². The number of nitrogens with zero attached hydrogens (tertiary/aromatic N) is 2. The van der Waals surface area contributed by atoms with E-state index >= 15 is 0 Å². The Hall–Kier alpha value is -1.82. The Labute approximate surface area is 478 Å². The molecule has 0 N–H and O–H groups in total. The van der Waals surface area contributed by atoms with Crippen LogP contribution in [0.15, 0.2) is 60.2 Å². The first-order valence-electron chi connectivity index (χ1n) is 33.7. The van der Waals surface area contributed by atoms with Crippen LogP contribution in [-0.2, 0) is 30.8 Å². The van der Waals surface area contributed by atoms with Crippen molar-refractivity contribution in [1.82, 2.24) is 0 Å². The summed E-state index contributed by atoms with van der Waals surface area (Å²) in [6, 6.07) is 17.6. The smallest absolute Gasteiger partial charge is 0.0654 e. The van der Waals surface area contributed by atoms with Crippen molar-refractivity contribution in [3.8, 4) is 0 Å². The molecule has 0 saturated carbocycles. The number of hydrogen-bond acceptors (Lipinski definition) is 0. The van der Waals surface area contributed by atoms with Crippen LogP contribution in [0.4, 0.5) is 0 Å². The fraction of sp³-hybridized carbons (Fsp3) is 0.778. The van der Waals surface area contributed by atoms with Crippen LogP contribution in [0.2, 0.25) is 9.79 Å². The van der Waals surface area contributed by atoms with Crippen LogP contribution in [-0.4, -0.2) is 4.70 Å². The van der Waals surface area contributed by atoms with Gasteiger partial charge in [-0.15, -0.1) is 0 Å².